The van der Waals surface area contributed by atoms with E-state index in [1.165, 1.54) is 36.7 Å². The summed E-state index contributed by atoms with van der Waals surface area (Å²) in [6.45, 7) is 13.1. The third-order valence-electron chi connectivity index (χ3n) is 9.82. The summed E-state index contributed by atoms with van der Waals surface area (Å²) in [6.07, 6.45) is 3.88. The highest BCUT2D eigenvalue weighted by molar-refractivity contribution is 7.99. The van der Waals surface area contributed by atoms with Crippen LogP contribution in [0, 0.1) is 11.6 Å². The number of anilines is 1. The highest BCUT2D eigenvalue weighted by Crippen LogP contribution is 2.49. The summed E-state index contributed by atoms with van der Waals surface area (Å²) < 4.78 is 31.3. The number of rotatable bonds is 6. The van der Waals surface area contributed by atoms with Gasteiger partial charge in [0.2, 0.25) is 5.91 Å². The summed E-state index contributed by atoms with van der Waals surface area (Å²) in [5, 5.41) is 0.710. The zero-order valence-corrected chi connectivity index (χ0v) is 29.6. The Balaban J connectivity index is 0.00000386. The van der Waals surface area contributed by atoms with Crippen LogP contribution >= 0.6 is 48.5 Å². The summed E-state index contributed by atoms with van der Waals surface area (Å²) in [6, 6.07) is 4.00. The molecule has 3 aromatic rings. The van der Waals surface area contributed by atoms with Crippen LogP contribution < -0.4 is 10.6 Å². The largest absolute Gasteiger partial charge is 0.350 e. The maximum absolute atomic E-state index is 15.4. The molecule has 0 unspecified atom stereocenters. The molecule has 0 bridgehead atoms. The number of amides is 1. The third kappa shape index (κ3) is 6.30. The Bertz CT molecular complexity index is 1800. The van der Waals surface area contributed by atoms with E-state index < -0.39 is 11.6 Å². The minimum absolute atomic E-state index is 0. The minimum Gasteiger partial charge on any atom is -0.349 e. The van der Waals surface area contributed by atoms with Crippen molar-refractivity contribution in [3.05, 3.63) is 63.0 Å². The second kappa shape index (κ2) is 13.5. The lowest BCUT2D eigenvalue weighted by molar-refractivity contribution is -0.128. The molecule has 0 spiro atoms. The maximum Gasteiger partial charge on any atom is 0.350 e. The van der Waals surface area contributed by atoms with Gasteiger partial charge in [0, 0.05) is 97.2 Å². The Morgan fingerprint density at radius 2 is 1.77 bits per heavy atom. The molecular weight excluding hydrogens is 685 g/mol. The van der Waals surface area contributed by atoms with E-state index in [1.807, 2.05) is 13.8 Å². The van der Waals surface area contributed by atoms with Crippen LogP contribution in [0.1, 0.15) is 32.7 Å². The predicted octanol–water partition coefficient (Wildman–Crippen LogP) is 5.80. The quantitative estimate of drug-likeness (QED) is 0.236. The molecule has 8 nitrogen and oxygen atoms in total. The van der Waals surface area contributed by atoms with E-state index in [0.717, 1.165) is 38.3 Å². The van der Waals surface area contributed by atoms with Gasteiger partial charge in [0.25, 0.3) is 0 Å². The van der Waals surface area contributed by atoms with Crippen molar-refractivity contribution < 1.29 is 13.6 Å². The molecule has 1 amide bonds. The number of benzene rings is 2. The van der Waals surface area contributed by atoms with Gasteiger partial charge in [-0.1, -0.05) is 29.8 Å². The average molecular weight is 724 g/mol. The fourth-order valence-corrected chi connectivity index (χ4v) is 9.12. The first-order valence-electron chi connectivity index (χ1n) is 15.8. The molecule has 3 aliphatic heterocycles. The lowest BCUT2D eigenvalue weighted by Crippen LogP contribution is -2.58. The summed E-state index contributed by atoms with van der Waals surface area (Å²) in [7, 11) is 0. The van der Waals surface area contributed by atoms with Crippen molar-refractivity contribution in [1.82, 2.24) is 24.3 Å². The van der Waals surface area contributed by atoms with Crippen molar-refractivity contribution >= 4 is 71.1 Å². The van der Waals surface area contributed by atoms with Crippen molar-refractivity contribution in [3.8, 4) is 11.1 Å². The summed E-state index contributed by atoms with van der Waals surface area (Å²) >= 11 is 14.6. The lowest BCUT2D eigenvalue weighted by Gasteiger charge is -2.45. The highest BCUT2D eigenvalue weighted by Gasteiger charge is 2.37. The Morgan fingerprint density at radius 3 is 2.45 bits per heavy atom. The van der Waals surface area contributed by atoms with Gasteiger partial charge in [-0.2, -0.15) is 18.5 Å². The second-order valence-electron chi connectivity index (χ2n) is 12.9. The second-order valence-corrected chi connectivity index (χ2v) is 14.7. The van der Waals surface area contributed by atoms with Gasteiger partial charge in [-0.15, -0.1) is 11.8 Å². The van der Waals surface area contributed by atoms with E-state index in [1.54, 1.807) is 15.5 Å². The van der Waals surface area contributed by atoms with E-state index in [4.69, 9.17) is 23.2 Å². The summed E-state index contributed by atoms with van der Waals surface area (Å²) in [4.78, 5) is 40.8. The third-order valence-corrected chi connectivity index (χ3v) is 11.6. The van der Waals surface area contributed by atoms with Gasteiger partial charge < -0.3 is 9.80 Å². The van der Waals surface area contributed by atoms with Crippen LogP contribution in [-0.4, -0.2) is 99.8 Å². The van der Waals surface area contributed by atoms with Crippen molar-refractivity contribution in [1.29, 1.82) is 0 Å². The number of carbonyl (C=O) groups is 1. The first-order chi connectivity index (χ1) is 22.0. The molecule has 0 radical (unpaired) electrons. The maximum atomic E-state index is 15.4. The Morgan fingerprint density at radius 1 is 1.04 bits per heavy atom. The smallest absolute Gasteiger partial charge is 0.349 e. The predicted molar refractivity (Wildman–Crippen MR) is 191 cm³/mol. The normalized spacial score (nSPS) is 23.6. The number of hydrogen-bond donors (Lipinski definition) is 0. The monoisotopic (exact) mass is 722 g/mol. The van der Waals surface area contributed by atoms with E-state index in [-0.39, 0.29) is 58.8 Å². The van der Waals surface area contributed by atoms with Crippen LogP contribution in [0.2, 0.25) is 10.0 Å². The molecule has 47 heavy (non-hydrogen) atoms. The number of halogens is 4. The van der Waals surface area contributed by atoms with E-state index in [0.29, 0.717) is 52.6 Å². The molecule has 1 aromatic heterocycles. The summed E-state index contributed by atoms with van der Waals surface area (Å²) in [5.41, 5.74) is 0.701. The van der Waals surface area contributed by atoms with E-state index >= 15 is 4.39 Å². The standard InChI is InChI=1S/C33H36Cl2F2N6O2S.H2S/c1-4-28(44)41-14-19(3)42(15-18(41)2)32-23-12-25(35)29(22-11-24(34)27(37)13-26(22)36)31-30(23)43(33(45)38-32)21(17-46-31)16-39-7-9-40(10-8-39)20-5-6-20;/h4,11-13,18-21H,1,5-10,14-17H2,2-3H3;1H2/t18-,19+,21+;/m1./s1. The molecule has 4 heterocycles. The van der Waals surface area contributed by atoms with Crippen molar-refractivity contribution in [3.63, 3.8) is 0 Å². The number of hydrogen-bond acceptors (Lipinski definition) is 7. The van der Waals surface area contributed by atoms with Crippen LogP contribution in [0.3, 0.4) is 0 Å². The molecule has 7 rings (SSSR count). The van der Waals surface area contributed by atoms with Gasteiger partial charge in [0.05, 0.1) is 21.6 Å². The number of aromatic nitrogens is 2. The molecular formula is C33H38Cl2F2N6O2S2. The Kier molecular flexibility index (Phi) is 9.92. The minimum atomic E-state index is -0.858. The molecule has 2 saturated heterocycles. The highest BCUT2D eigenvalue weighted by atomic mass is 35.5. The molecule has 1 saturated carbocycles. The van der Waals surface area contributed by atoms with Crippen LogP contribution in [0.15, 0.2) is 40.5 Å². The Labute approximate surface area is 294 Å². The van der Waals surface area contributed by atoms with Gasteiger partial charge in [0.15, 0.2) is 0 Å². The molecule has 4 aliphatic rings. The first kappa shape index (κ1) is 34.5. The average Bonchev–Trinajstić information content (AvgIpc) is 3.88. The topological polar surface area (TPSA) is 64.9 Å². The van der Waals surface area contributed by atoms with Crippen LogP contribution in [0.5, 0.6) is 0 Å². The van der Waals surface area contributed by atoms with Crippen molar-refractivity contribution in [2.24, 2.45) is 0 Å². The van der Waals surface area contributed by atoms with Crippen LogP contribution in [0.4, 0.5) is 14.6 Å². The van der Waals surface area contributed by atoms with E-state index in [9.17, 15) is 14.0 Å². The number of nitrogens with zero attached hydrogens (tertiary/aromatic N) is 6. The molecule has 0 N–H and O–H groups in total. The number of thioether (sulfide) groups is 1. The number of piperazine rings is 2. The molecule has 3 atom stereocenters. The van der Waals surface area contributed by atoms with Gasteiger partial charge in [-0.05, 0) is 44.9 Å². The van der Waals surface area contributed by atoms with Crippen LogP contribution in [0.25, 0.3) is 22.0 Å². The van der Waals surface area contributed by atoms with Crippen molar-refractivity contribution in [2.45, 2.75) is 55.8 Å². The summed E-state index contributed by atoms with van der Waals surface area (Å²) in [5.74, 6) is -0.750. The molecule has 2 aromatic carbocycles. The van der Waals surface area contributed by atoms with E-state index in [2.05, 4.69) is 26.3 Å². The Hall–Kier alpha value is -2.35. The fourth-order valence-electron chi connectivity index (χ4n) is 7.27. The van der Waals surface area contributed by atoms with Gasteiger partial charge in [0.1, 0.15) is 17.5 Å². The zero-order chi connectivity index (χ0) is 32.4. The number of carbonyl (C=O) groups excluding carboxylic acids is 1. The van der Waals surface area contributed by atoms with Crippen LogP contribution in [-0.2, 0) is 4.79 Å². The molecule has 3 fully saturated rings. The molecule has 14 heteroatoms. The fraction of sp³-hybridized carbons (Fsp3) is 0.485. The van der Waals surface area contributed by atoms with Gasteiger partial charge in [-0.25, -0.2) is 13.6 Å². The lowest BCUT2D eigenvalue weighted by atomic mass is 10.0. The van der Waals surface area contributed by atoms with Gasteiger partial charge >= 0.3 is 5.69 Å². The zero-order valence-electron chi connectivity index (χ0n) is 26.3. The van der Waals surface area contributed by atoms with Gasteiger partial charge in [-0.3, -0.25) is 19.2 Å². The van der Waals surface area contributed by atoms with Crippen molar-refractivity contribution in [2.75, 3.05) is 56.5 Å². The SMILES string of the molecule is C=CC(=O)N1C[C@H](C)N(c2nc(=O)n3c4c(c(-c5cc(Cl)c(F)cc5F)c(Cl)cc24)SC[C@@H]3CN2CCN(C3CC3)CC2)C[C@H]1C.S. The molecule has 1 aliphatic carbocycles. The first-order valence-corrected chi connectivity index (χ1v) is 17.5. The molecule has 252 valence electrons.